The van der Waals surface area contributed by atoms with E-state index in [1.54, 1.807) is 28.5 Å². The number of ether oxygens (including phenoxy) is 1. The van der Waals surface area contributed by atoms with Crippen molar-refractivity contribution >= 4 is 29.5 Å². The Balaban J connectivity index is 1.49. The molecule has 2 saturated heterocycles. The topological polar surface area (TPSA) is 99.3 Å². The van der Waals surface area contributed by atoms with Gasteiger partial charge in [-0.2, -0.15) is 0 Å². The zero-order valence-corrected chi connectivity index (χ0v) is 17.4. The van der Waals surface area contributed by atoms with Crippen molar-refractivity contribution in [2.24, 2.45) is 5.92 Å². The molecule has 0 unspecified atom stereocenters. The summed E-state index contributed by atoms with van der Waals surface area (Å²) in [7, 11) is 0. The molecule has 9 heteroatoms. The Morgan fingerprint density at radius 2 is 1.73 bits per heavy atom. The van der Waals surface area contributed by atoms with E-state index in [1.807, 2.05) is 30.3 Å². The fourth-order valence-electron chi connectivity index (χ4n) is 3.73. The third kappa shape index (κ3) is 4.90. The number of nitrogens with one attached hydrogen (secondary N) is 1. The molecule has 4 amide bonds. The lowest BCUT2D eigenvalue weighted by Crippen LogP contribution is -2.55. The van der Waals surface area contributed by atoms with Crippen LogP contribution in [0.4, 0.5) is 10.5 Å². The van der Waals surface area contributed by atoms with Crippen LogP contribution in [0.1, 0.15) is 20.3 Å². The molecule has 2 aliphatic rings. The molecule has 1 aromatic rings. The maximum atomic E-state index is 12.7. The maximum absolute atomic E-state index is 12.7. The number of carbonyl (C=O) groups excluding carboxylic acids is 4. The summed E-state index contributed by atoms with van der Waals surface area (Å²) < 4.78 is 4.98. The van der Waals surface area contributed by atoms with Crippen LogP contribution in [-0.2, 0) is 19.1 Å². The molecule has 3 rings (SSSR count). The summed E-state index contributed by atoms with van der Waals surface area (Å²) in [4.78, 5) is 54.2. The van der Waals surface area contributed by atoms with E-state index in [0.717, 1.165) is 5.69 Å². The maximum Gasteiger partial charge on any atom is 0.409 e. The van der Waals surface area contributed by atoms with Crippen molar-refractivity contribution in [3.05, 3.63) is 30.3 Å². The molecule has 0 aliphatic carbocycles. The van der Waals surface area contributed by atoms with E-state index in [2.05, 4.69) is 5.32 Å². The summed E-state index contributed by atoms with van der Waals surface area (Å²) in [6.07, 6.45) is -0.250. The van der Waals surface area contributed by atoms with Crippen LogP contribution in [0.25, 0.3) is 0 Å². The number of anilines is 1. The smallest absolute Gasteiger partial charge is 0.409 e. The fraction of sp³-hybridized carbons (Fsp3) is 0.524. The highest BCUT2D eigenvalue weighted by Gasteiger charge is 2.36. The minimum atomic E-state index is -0.701. The second kappa shape index (κ2) is 9.60. The number of amides is 4. The van der Waals surface area contributed by atoms with E-state index in [1.165, 1.54) is 0 Å². The van der Waals surface area contributed by atoms with Gasteiger partial charge in [-0.1, -0.05) is 18.2 Å². The van der Waals surface area contributed by atoms with E-state index in [9.17, 15) is 19.2 Å². The van der Waals surface area contributed by atoms with Gasteiger partial charge in [0.05, 0.1) is 12.5 Å². The molecule has 0 aromatic heterocycles. The average Bonchev–Trinajstić information content (AvgIpc) is 3.16. The number of hydrogen-bond donors (Lipinski definition) is 1. The summed E-state index contributed by atoms with van der Waals surface area (Å²) in [5.41, 5.74) is 0.765. The van der Waals surface area contributed by atoms with E-state index >= 15 is 0 Å². The number of para-hydroxylation sites is 1. The van der Waals surface area contributed by atoms with Crippen molar-refractivity contribution in [1.82, 2.24) is 15.1 Å². The molecule has 0 spiro atoms. The van der Waals surface area contributed by atoms with Crippen molar-refractivity contribution in [3.8, 4) is 0 Å². The van der Waals surface area contributed by atoms with Gasteiger partial charge in [-0.15, -0.1) is 0 Å². The Hall–Kier alpha value is -3.10. The average molecular weight is 416 g/mol. The first-order chi connectivity index (χ1) is 14.4. The summed E-state index contributed by atoms with van der Waals surface area (Å²) >= 11 is 0. The van der Waals surface area contributed by atoms with Crippen LogP contribution in [-0.4, -0.2) is 79.0 Å². The van der Waals surface area contributed by atoms with Crippen LogP contribution in [0.15, 0.2) is 30.3 Å². The monoisotopic (exact) mass is 416 g/mol. The Morgan fingerprint density at radius 3 is 2.37 bits per heavy atom. The summed E-state index contributed by atoms with van der Waals surface area (Å²) in [5, 5.41) is 2.75. The molecular weight excluding hydrogens is 388 g/mol. The molecule has 0 saturated carbocycles. The molecule has 2 fully saturated rings. The fourth-order valence-corrected chi connectivity index (χ4v) is 3.73. The number of rotatable bonds is 5. The lowest BCUT2D eigenvalue weighted by atomic mass is 10.1. The van der Waals surface area contributed by atoms with E-state index in [0.29, 0.717) is 39.3 Å². The van der Waals surface area contributed by atoms with Gasteiger partial charge in [-0.05, 0) is 26.0 Å². The van der Waals surface area contributed by atoms with Crippen molar-refractivity contribution in [1.29, 1.82) is 0 Å². The highest BCUT2D eigenvalue weighted by atomic mass is 16.6. The van der Waals surface area contributed by atoms with Gasteiger partial charge < -0.3 is 24.8 Å². The summed E-state index contributed by atoms with van der Waals surface area (Å²) in [6, 6.07) is 8.53. The highest BCUT2D eigenvalue weighted by molar-refractivity contribution is 6.01. The molecule has 2 aliphatic heterocycles. The quantitative estimate of drug-likeness (QED) is 0.767. The second-order valence-corrected chi connectivity index (χ2v) is 7.48. The molecule has 9 nitrogen and oxygen atoms in total. The van der Waals surface area contributed by atoms with Gasteiger partial charge in [0, 0.05) is 44.8 Å². The molecule has 162 valence electrons. The molecular formula is C21H28N4O5. The number of nitrogens with zero attached hydrogens (tertiary/aromatic N) is 3. The van der Waals surface area contributed by atoms with Crippen LogP contribution in [0.5, 0.6) is 0 Å². The van der Waals surface area contributed by atoms with Gasteiger partial charge in [0.15, 0.2) is 0 Å². The van der Waals surface area contributed by atoms with Crippen LogP contribution in [0.3, 0.4) is 0 Å². The van der Waals surface area contributed by atoms with Crippen molar-refractivity contribution < 1.29 is 23.9 Å². The van der Waals surface area contributed by atoms with Gasteiger partial charge in [0.25, 0.3) is 0 Å². The molecule has 1 aromatic carbocycles. The van der Waals surface area contributed by atoms with Gasteiger partial charge in [-0.3, -0.25) is 14.4 Å². The standard InChI is InChI=1S/C21H28N4O5/c1-3-30-21(29)24-11-9-23(10-12-24)20(28)15(2)22-19(27)16-13-18(26)25(14-16)17-7-5-4-6-8-17/h4-8,15-16H,3,9-14H2,1-2H3,(H,22,27)/t15-,16+/m0/s1. The zero-order chi connectivity index (χ0) is 21.7. The Kier molecular flexibility index (Phi) is 6.91. The Bertz CT molecular complexity index is 792. The molecule has 0 bridgehead atoms. The lowest BCUT2D eigenvalue weighted by Gasteiger charge is -2.35. The van der Waals surface area contributed by atoms with Gasteiger partial charge >= 0.3 is 6.09 Å². The molecule has 30 heavy (non-hydrogen) atoms. The molecule has 2 atom stereocenters. The first-order valence-electron chi connectivity index (χ1n) is 10.3. The first kappa shape index (κ1) is 21.6. The lowest BCUT2D eigenvalue weighted by molar-refractivity contribution is -0.138. The highest BCUT2D eigenvalue weighted by Crippen LogP contribution is 2.25. The molecule has 2 heterocycles. The van der Waals surface area contributed by atoms with E-state index < -0.39 is 12.0 Å². The minimum absolute atomic E-state index is 0.101. The van der Waals surface area contributed by atoms with Gasteiger partial charge in [0.2, 0.25) is 17.7 Å². The van der Waals surface area contributed by atoms with E-state index in [-0.39, 0.29) is 30.2 Å². The Morgan fingerprint density at radius 1 is 1.10 bits per heavy atom. The first-order valence-corrected chi connectivity index (χ1v) is 10.3. The molecule has 0 radical (unpaired) electrons. The van der Waals surface area contributed by atoms with Crippen molar-refractivity contribution in [2.75, 3.05) is 44.2 Å². The normalized spacial score (nSPS) is 20.1. The minimum Gasteiger partial charge on any atom is -0.450 e. The second-order valence-electron chi connectivity index (χ2n) is 7.48. The van der Waals surface area contributed by atoms with Gasteiger partial charge in [0.1, 0.15) is 6.04 Å². The van der Waals surface area contributed by atoms with E-state index in [4.69, 9.17) is 4.74 Å². The zero-order valence-electron chi connectivity index (χ0n) is 17.4. The number of carbonyl (C=O) groups is 4. The largest absolute Gasteiger partial charge is 0.450 e. The summed E-state index contributed by atoms with van der Waals surface area (Å²) in [5.74, 6) is -1.09. The predicted molar refractivity (Wildman–Crippen MR) is 110 cm³/mol. The summed E-state index contributed by atoms with van der Waals surface area (Å²) in [6.45, 7) is 5.58. The Labute approximate surface area is 175 Å². The van der Waals surface area contributed by atoms with Crippen molar-refractivity contribution in [2.45, 2.75) is 26.3 Å². The number of piperazine rings is 1. The third-order valence-electron chi connectivity index (χ3n) is 5.41. The van der Waals surface area contributed by atoms with Crippen molar-refractivity contribution in [3.63, 3.8) is 0 Å². The van der Waals surface area contributed by atoms with Crippen LogP contribution in [0, 0.1) is 5.92 Å². The van der Waals surface area contributed by atoms with Gasteiger partial charge in [-0.25, -0.2) is 4.79 Å². The van der Waals surface area contributed by atoms with Crippen LogP contribution < -0.4 is 10.2 Å². The third-order valence-corrected chi connectivity index (χ3v) is 5.41. The molecule has 1 N–H and O–H groups in total. The number of hydrogen-bond acceptors (Lipinski definition) is 5. The van der Waals surface area contributed by atoms with Crippen LogP contribution >= 0.6 is 0 Å². The number of benzene rings is 1. The SMILES string of the molecule is CCOC(=O)N1CCN(C(=O)[C@H](C)NC(=O)[C@@H]2CC(=O)N(c3ccccc3)C2)CC1. The van der Waals surface area contributed by atoms with Crippen LogP contribution in [0.2, 0.25) is 0 Å². The predicted octanol–water partition coefficient (Wildman–Crippen LogP) is 0.845.